The van der Waals surface area contributed by atoms with Crippen molar-refractivity contribution in [3.05, 3.63) is 48.0 Å². The summed E-state index contributed by atoms with van der Waals surface area (Å²) in [6, 6.07) is 13.1. The molecule has 0 unspecified atom stereocenters. The van der Waals surface area contributed by atoms with Crippen molar-refractivity contribution < 1.29 is 33.6 Å². The minimum absolute atomic E-state index is 0.0866. The van der Waals surface area contributed by atoms with Gasteiger partial charge < -0.3 is 24.0 Å². The number of rotatable bonds is 7. The summed E-state index contributed by atoms with van der Waals surface area (Å²) in [5, 5.41) is 0. The number of benzene rings is 2. The van der Waals surface area contributed by atoms with Crippen molar-refractivity contribution in [3.63, 3.8) is 0 Å². The zero-order valence-corrected chi connectivity index (χ0v) is 19.0. The van der Waals surface area contributed by atoms with Crippen LogP contribution in [0.5, 0.6) is 17.2 Å². The molecule has 0 aliphatic carbocycles. The zero-order valence-electron chi connectivity index (χ0n) is 19.0. The third-order valence-electron chi connectivity index (χ3n) is 6.70. The lowest BCUT2D eigenvalue weighted by molar-refractivity contribution is -1.02. The number of imide groups is 1. The summed E-state index contributed by atoms with van der Waals surface area (Å²) in [4.78, 5) is 30.0. The predicted molar refractivity (Wildman–Crippen MR) is 121 cm³/mol. The molecule has 2 amide bonds. The molecule has 0 spiro atoms. The largest absolute Gasteiger partial charge is 0.494 e. The summed E-state index contributed by atoms with van der Waals surface area (Å²) >= 11 is 0. The molecule has 0 aromatic heterocycles. The van der Waals surface area contributed by atoms with Crippen LogP contribution in [0.2, 0.25) is 0 Å². The highest BCUT2D eigenvalue weighted by Gasteiger charge is 2.47. The van der Waals surface area contributed by atoms with Gasteiger partial charge in [-0.15, -0.1) is 0 Å². The summed E-state index contributed by atoms with van der Waals surface area (Å²) < 4.78 is 16.5. The van der Waals surface area contributed by atoms with Crippen LogP contribution in [-0.2, 0) is 16.1 Å². The molecule has 2 fully saturated rings. The number of nitrogens with zero attached hydrogens (tertiary/aromatic N) is 1. The van der Waals surface area contributed by atoms with Gasteiger partial charge in [0.2, 0.25) is 12.7 Å². The van der Waals surface area contributed by atoms with Crippen molar-refractivity contribution in [2.75, 3.05) is 44.5 Å². The molecule has 5 rings (SSSR count). The average Bonchev–Trinajstić information content (AvgIpc) is 3.42. The molecule has 2 aromatic rings. The molecule has 8 heteroatoms. The summed E-state index contributed by atoms with van der Waals surface area (Å²) in [5.74, 6) is 2.17. The first-order valence-electron chi connectivity index (χ1n) is 11.8. The number of hydrogen-bond acceptors (Lipinski definition) is 5. The smallest absolute Gasteiger partial charge is 0.292 e. The van der Waals surface area contributed by atoms with Gasteiger partial charge >= 0.3 is 0 Å². The van der Waals surface area contributed by atoms with Crippen LogP contribution in [0.4, 0.5) is 5.69 Å². The highest BCUT2D eigenvalue weighted by Crippen LogP contribution is 2.32. The monoisotopic (exact) mass is 453 g/mol. The minimum atomic E-state index is -0.291. The molecule has 0 saturated carbocycles. The molecule has 3 aliphatic rings. The van der Waals surface area contributed by atoms with E-state index in [0.717, 1.165) is 56.4 Å². The number of hydrogen-bond donors (Lipinski definition) is 2. The maximum Gasteiger partial charge on any atom is 0.292 e. The van der Waals surface area contributed by atoms with Gasteiger partial charge in [-0.2, -0.15) is 0 Å². The molecule has 8 nitrogen and oxygen atoms in total. The number of quaternary nitrogens is 2. The number of carbonyl (C=O) groups is 2. The van der Waals surface area contributed by atoms with Crippen LogP contribution in [0.3, 0.4) is 0 Å². The molecule has 2 aromatic carbocycles. The first kappa shape index (κ1) is 21.7. The van der Waals surface area contributed by atoms with Crippen molar-refractivity contribution in [2.24, 2.45) is 0 Å². The van der Waals surface area contributed by atoms with Crippen LogP contribution >= 0.6 is 0 Å². The Hall–Kier alpha value is -3.10. The van der Waals surface area contributed by atoms with E-state index in [1.807, 2.05) is 18.2 Å². The van der Waals surface area contributed by atoms with Gasteiger partial charge in [-0.05, 0) is 48.9 Å². The van der Waals surface area contributed by atoms with Crippen molar-refractivity contribution in [1.29, 1.82) is 0 Å². The van der Waals surface area contributed by atoms with E-state index < -0.39 is 0 Å². The topological polar surface area (TPSA) is 73.9 Å². The van der Waals surface area contributed by atoms with Crippen LogP contribution in [0, 0.1) is 0 Å². The van der Waals surface area contributed by atoms with E-state index in [4.69, 9.17) is 14.2 Å². The number of fused-ring (bicyclic) bond motifs is 1. The predicted octanol–water partition coefficient (Wildman–Crippen LogP) is -0.180. The normalized spacial score (nSPS) is 24.4. The molecular weight excluding hydrogens is 422 g/mol. The highest BCUT2D eigenvalue weighted by atomic mass is 16.7. The van der Waals surface area contributed by atoms with Gasteiger partial charge in [0, 0.05) is 5.56 Å². The van der Waals surface area contributed by atoms with Gasteiger partial charge in [-0.25, -0.2) is 4.90 Å². The van der Waals surface area contributed by atoms with Crippen molar-refractivity contribution in [3.8, 4) is 17.2 Å². The van der Waals surface area contributed by atoms with Gasteiger partial charge in [-0.3, -0.25) is 9.59 Å². The molecule has 3 heterocycles. The quantitative estimate of drug-likeness (QED) is 0.569. The third-order valence-corrected chi connectivity index (χ3v) is 6.70. The van der Waals surface area contributed by atoms with E-state index in [0.29, 0.717) is 12.3 Å². The minimum Gasteiger partial charge on any atom is -0.494 e. The Labute approximate surface area is 193 Å². The average molecular weight is 454 g/mol. The third kappa shape index (κ3) is 4.54. The van der Waals surface area contributed by atoms with E-state index in [-0.39, 0.29) is 31.1 Å². The van der Waals surface area contributed by atoms with Crippen LogP contribution in [0.15, 0.2) is 42.5 Å². The number of ether oxygens (including phenoxy) is 3. The van der Waals surface area contributed by atoms with E-state index in [2.05, 4.69) is 19.1 Å². The van der Waals surface area contributed by atoms with Crippen LogP contribution in [-0.4, -0.2) is 57.4 Å². The van der Waals surface area contributed by atoms with Gasteiger partial charge in [-0.1, -0.05) is 6.92 Å². The Morgan fingerprint density at radius 3 is 2.52 bits per heavy atom. The van der Waals surface area contributed by atoms with Crippen molar-refractivity contribution >= 4 is 17.5 Å². The summed E-state index contributed by atoms with van der Waals surface area (Å²) in [6.07, 6.45) is 1.21. The number of anilines is 1. The molecule has 2 N–H and O–H groups in total. The first-order valence-corrected chi connectivity index (χ1v) is 11.8. The molecular formula is C25H31N3O5+2. The Morgan fingerprint density at radius 1 is 1.00 bits per heavy atom. The van der Waals surface area contributed by atoms with Gasteiger partial charge in [0.25, 0.3) is 5.91 Å². The molecule has 3 aliphatic heterocycles. The van der Waals surface area contributed by atoms with Crippen molar-refractivity contribution in [2.45, 2.75) is 32.4 Å². The lowest BCUT2D eigenvalue weighted by Crippen LogP contribution is -3.29. The second-order valence-electron chi connectivity index (χ2n) is 8.94. The molecule has 33 heavy (non-hydrogen) atoms. The summed E-state index contributed by atoms with van der Waals surface area (Å²) in [7, 11) is 0. The molecule has 174 valence electrons. The lowest BCUT2D eigenvalue weighted by Gasteiger charge is -2.32. The molecule has 1 atom stereocenters. The number of piperazine rings is 1. The van der Waals surface area contributed by atoms with Crippen LogP contribution in [0.1, 0.15) is 25.3 Å². The zero-order chi connectivity index (χ0) is 22.8. The summed E-state index contributed by atoms with van der Waals surface area (Å²) in [5.41, 5.74) is 1.85. The Morgan fingerprint density at radius 2 is 1.76 bits per heavy atom. The van der Waals surface area contributed by atoms with Gasteiger partial charge in [0.15, 0.2) is 17.5 Å². The lowest BCUT2D eigenvalue weighted by atomic mass is 10.1. The van der Waals surface area contributed by atoms with Gasteiger partial charge in [0.05, 0.1) is 18.7 Å². The number of amides is 2. The fourth-order valence-electron chi connectivity index (χ4n) is 4.92. The van der Waals surface area contributed by atoms with E-state index >= 15 is 0 Å². The standard InChI is InChI=1S/C25H29N3O5/c1-2-13-31-20-6-4-19(5-7-20)28-24(29)15-21(25(28)30)27-11-9-26(10-12-27)16-18-3-8-22-23(14-18)33-17-32-22/h3-8,14,21H,2,9-13,15-17H2,1H3/p+2/t21-/m1/s1. The van der Waals surface area contributed by atoms with Crippen molar-refractivity contribution in [1.82, 2.24) is 0 Å². The maximum absolute atomic E-state index is 13.2. The second kappa shape index (κ2) is 9.41. The first-order chi connectivity index (χ1) is 16.1. The Bertz CT molecular complexity index is 1020. The Kier molecular flexibility index (Phi) is 6.20. The number of nitrogens with one attached hydrogen (secondary N) is 2. The van der Waals surface area contributed by atoms with Gasteiger partial charge in [0.1, 0.15) is 38.5 Å². The van der Waals surface area contributed by atoms with Crippen LogP contribution in [0.25, 0.3) is 0 Å². The molecule has 0 bridgehead atoms. The molecule has 0 radical (unpaired) electrons. The van der Waals surface area contributed by atoms with Crippen LogP contribution < -0.4 is 28.9 Å². The fraction of sp³-hybridized carbons (Fsp3) is 0.440. The fourth-order valence-corrected chi connectivity index (χ4v) is 4.92. The van der Waals surface area contributed by atoms with E-state index in [1.54, 1.807) is 12.1 Å². The second-order valence-corrected chi connectivity index (χ2v) is 8.94. The van der Waals surface area contributed by atoms with E-state index in [9.17, 15) is 9.59 Å². The number of carbonyl (C=O) groups excluding carboxylic acids is 2. The SMILES string of the molecule is CCCOc1ccc(N2C(=O)C[C@@H]([NH+]3CC[NH+](Cc4ccc5c(c4)OCO5)CC3)C2=O)cc1. The molecule has 2 saturated heterocycles. The summed E-state index contributed by atoms with van der Waals surface area (Å²) in [6.45, 7) is 7.58. The highest BCUT2D eigenvalue weighted by molar-refractivity contribution is 6.21. The van der Waals surface area contributed by atoms with E-state index in [1.165, 1.54) is 20.3 Å². The Balaban J connectivity index is 1.17. The maximum atomic E-state index is 13.2.